The number of fused-ring (bicyclic) bond motifs is 3. The van der Waals surface area contributed by atoms with E-state index in [2.05, 4.69) is 47.2 Å². The molecule has 3 aromatic rings. The highest BCUT2D eigenvalue weighted by atomic mass is 16.3. The van der Waals surface area contributed by atoms with Crippen LogP contribution in [0.5, 0.6) is 0 Å². The van der Waals surface area contributed by atoms with Crippen LogP contribution in [0, 0.1) is 0 Å². The largest absolute Gasteiger partial charge is 0.454 e. The summed E-state index contributed by atoms with van der Waals surface area (Å²) in [5, 5.41) is 2.41. The van der Waals surface area contributed by atoms with Crippen LogP contribution in [-0.4, -0.2) is 31.7 Å². The fourth-order valence-corrected chi connectivity index (χ4v) is 2.90. The summed E-state index contributed by atoms with van der Waals surface area (Å²) in [5.74, 6) is 0. The van der Waals surface area contributed by atoms with Gasteiger partial charge in [-0.15, -0.1) is 0 Å². The van der Waals surface area contributed by atoms with Gasteiger partial charge in [-0.2, -0.15) is 0 Å². The van der Waals surface area contributed by atoms with Crippen LogP contribution in [0.3, 0.4) is 0 Å². The molecule has 1 fully saturated rings. The summed E-state index contributed by atoms with van der Waals surface area (Å²) in [6, 6.07) is 14.7. The monoisotopic (exact) mass is 252 g/mol. The Balaban J connectivity index is 1.96. The third-order valence-corrected chi connectivity index (χ3v) is 3.89. The maximum atomic E-state index is 6.07. The predicted molar refractivity (Wildman–Crippen MR) is 78.6 cm³/mol. The number of hydrogen-bond donors (Lipinski definition) is 0. The highest BCUT2D eigenvalue weighted by molar-refractivity contribution is 6.08. The van der Waals surface area contributed by atoms with Gasteiger partial charge in [0.25, 0.3) is 0 Å². The molecule has 96 valence electrons. The van der Waals surface area contributed by atoms with Gasteiger partial charge in [0.2, 0.25) is 0 Å². The Morgan fingerprint density at radius 3 is 2.63 bits per heavy atom. The van der Waals surface area contributed by atoms with Crippen molar-refractivity contribution in [2.75, 3.05) is 31.7 Å². The van der Waals surface area contributed by atoms with Gasteiger partial charge in [0.15, 0.2) is 5.58 Å². The molecule has 0 spiro atoms. The number of para-hydroxylation sites is 2. The van der Waals surface area contributed by atoms with Crippen LogP contribution in [0.25, 0.3) is 21.9 Å². The van der Waals surface area contributed by atoms with Gasteiger partial charge >= 0.3 is 0 Å². The van der Waals surface area contributed by atoms with Crippen molar-refractivity contribution < 1.29 is 4.42 Å². The van der Waals surface area contributed by atoms with E-state index in [1.165, 1.54) is 16.5 Å². The Bertz CT molecular complexity index is 747. The second-order valence-corrected chi connectivity index (χ2v) is 5.24. The van der Waals surface area contributed by atoms with Crippen LogP contribution in [0.15, 0.2) is 46.9 Å². The number of anilines is 1. The molecule has 2 aromatic carbocycles. The SMILES string of the molecule is CN1CCN(c2cccc3c2oc2ccccc23)C1. The molecule has 1 aliphatic heterocycles. The van der Waals surface area contributed by atoms with Gasteiger partial charge in [-0.1, -0.05) is 30.3 Å². The first-order valence-corrected chi connectivity index (χ1v) is 6.67. The second-order valence-electron chi connectivity index (χ2n) is 5.24. The number of benzene rings is 2. The first-order chi connectivity index (χ1) is 9.33. The van der Waals surface area contributed by atoms with Crippen LogP contribution in [0.4, 0.5) is 5.69 Å². The first kappa shape index (κ1) is 10.9. The summed E-state index contributed by atoms with van der Waals surface area (Å²) in [4.78, 5) is 4.70. The van der Waals surface area contributed by atoms with Crippen LogP contribution < -0.4 is 4.90 Å². The zero-order chi connectivity index (χ0) is 12.8. The average molecular weight is 252 g/mol. The predicted octanol–water partition coefficient (Wildman–Crippen LogP) is 3.30. The third kappa shape index (κ3) is 1.62. The summed E-state index contributed by atoms with van der Waals surface area (Å²) in [7, 11) is 2.15. The summed E-state index contributed by atoms with van der Waals surface area (Å²) in [6.45, 7) is 3.14. The van der Waals surface area contributed by atoms with Crippen LogP contribution in [0.2, 0.25) is 0 Å². The molecular formula is C16H16N2O. The van der Waals surface area contributed by atoms with E-state index in [1.807, 2.05) is 12.1 Å². The van der Waals surface area contributed by atoms with E-state index in [1.54, 1.807) is 0 Å². The minimum Gasteiger partial charge on any atom is -0.454 e. The van der Waals surface area contributed by atoms with E-state index < -0.39 is 0 Å². The summed E-state index contributed by atoms with van der Waals surface area (Å²) >= 11 is 0. The lowest BCUT2D eigenvalue weighted by Gasteiger charge is -2.18. The van der Waals surface area contributed by atoms with Crippen molar-refractivity contribution in [2.45, 2.75) is 0 Å². The number of likely N-dealkylation sites (N-methyl/N-ethyl adjacent to an activating group) is 1. The van der Waals surface area contributed by atoms with Gasteiger partial charge in [0.05, 0.1) is 12.4 Å². The molecule has 0 aliphatic carbocycles. The molecule has 1 aliphatic rings. The fourth-order valence-electron chi connectivity index (χ4n) is 2.90. The van der Waals surface area contributed by atoms with Crippen molar-refractivity contribution in [2.24, 2.45) is 0 Å². The molecule has 1 saturated heterocycles. The Labute approximate surface area is 112 Å². The molecule has 2 heterocycles. The molecule has 0 amide bonds. The molecule has 4 rings (SSSR count). The van der Waals surface area contributed by atoms with Crippen molar-refractivity contribution >= 4 is 27.6 Å². The van der Waals surface area contributed by atoms with Crippen LogP contribution >= 0.6 is 0 Å². The van der Waals surface area contributed by atoms with E-state index in [4.69, 9.17) is 4.42 Å². The lowest BCUT2D eigenvalue weighted by molar-refractivity contribution is 0.421. The summed E-state index contributed by atoms with van der Waals surface area (Å²) in [6.07, 6.45) is 0. The zero-order valence-corrected chi connectivity index (χ0v) is 11.0. The van der Waals surface area contributed by atoms with Gasteiger partial charge in [0, 0.05) is 23.9 Å². The quantitative estimate of drug-likeness (QED) is 0.662. The molecule has 0 N–H and O–H groups in total. The molecule has 3 heteroatoms. The number of nitrogens with zero attached hydrogens (tertiary/aromatic N) is 2. The Morgan fingerprint density at radius 1 is 0.947 bits per heavy atom. The van der Waals surface area contributed by atoms with Gasteiger partial charge < -0.3 is 9.32 Å². The normalized spacial score (nSPS) is 16.8. The Kier molecular flexibility index (Phi) is 2.29. The summed E-state index contributed by atoms with van der Waals surface area (Å²) in [5.41, 5.74) is 3.19. The first-order valence-electron chi connectivity index (χ1n) is 6.67. The number of furan rings is 1. The number of hydrogen-bond acceptors (Lipinski definition) is 3. The summed E-state index contributed by atoms with van der Waals surface area (Å²) < 4.78 is 6.07. The van der Waals surface area contributed by atoms with Crippen LogP contribution in [0.1, 0.15) is 0 Å². The van der Waals surface area contributed by atoms with Gasteiger partial charge in [-0.05, 0) is 19.2 Å². The lowest BCUT2D eigenvalue weighted by Crippen LogP contribution is -2.22. The van der Waals surface area contributed by atoms with Crippen molar-refractivity contribution in [1.82, 2.24) is 4.90 Å². The van der Waals surface area contributed by atoms with Crippen molar-refractivity contribution in [3.63, 3.8) is 0 Å². The highest BCUT2D eigenvalue weighted by Gasteiger charge is 2.20. The average Bonchev–Trinajstić information content (AvgIpc) is 3.02. The smallest absolute Gasteiger partial charge is 0.158 e. The molecule has 0 saturated carbocycles. The van der Waals surface area contributed by atoms with Gasteiger partial charge in [-0.25, -0.2) is 0 Å². The topological polar surface area (TPSA) is 19.6 Å². The molecule has 0 atom stereocenters. The van der Waals surface area contributed by atoms with Crippen molar-refractivity contribution in [3.05, 3.63) is 42.5 Å². The zero-order valence-electron chi connectivity index (χ0n) is 11.0. The standard InChI is InChI=1S/C16H16N2O/c1-17-9-10-18(11-17)14-7-4-6-13-12-5-2-3-8-15(12)19-16(13)14/h2-8H,9-11H2,1H3. The highest BCUT2D eigenvalue weighted by Crippen LogP contribution is 2.35. The maximum Gasteiger partial charge on any atom is 0.158 e. The van der Waals surface area contributed by atoms with E-state index in [0.29, 0.717) is 0 Å². The molecule has 3 nitrogen and oxygen atoms in total. The van der Waals surface area contributed by atoms with E-state index >= 15 is 0 Å². The maximum absolute atomic E-state index is 6.07. The third-order valence-electron chi connectivity index (χ3n) is 3.89. The van der Waals surface area contributed by atoms with Crippen LogP contribution in [-0.2, 0) is 0 Å². The van der Waals surface area contributed by atoms with Crippen molar-refractivity contribution in [3.8, 4) is 0 Å². The van der Waals surface area contributed by atoms with E-state index in [0.717, 1.165) is 30.9 Å². The fraction of sp³-hybridized carbons (Fsp3) is 0.250. The van der Waals surface area contributed by atoms with E-state index in [9.17, 15) is 0 Å². The number of rotatable bonds is 1. The minimum atomic E-state index is 0.968. The molecule has 0 unspecified atom stereocenters. The Hall–Kier alpha value is -2.00. The molecule has 1 aromatic heterocycles. The molecular weight excluding hydrogens is 236 g/mol. The molecule has 0 bridgehead atoms. The lowest BCUT2D eigenvalue weighted by atomic mass is 10.1. The molecule has 0 radical (unpaired) electrons. The van der Waals surface area contributed by atoms with Crippen molar-refractivity contribution in [1.29, 1.82) is 0 Å². The molecule has 19 heavy (non-hydrogen) atoms. The second kappa shape index (κ2) is 4.00. The van der Waals surface area contributed by atoms with Gasteiger partial charge in [-0.3, -0.25) is 4.90 Å². The van der Waals surface area contributed by atoms with E-state index in [-0.39, 0.29) is 0 Å². The Morgan fingerprint density at radius 2 is 1.79 bits per heavy atom. The minimum absolute atomic E-state index is 0.968. The van der Waals surface area contributed by atoms with Gasteiger partial charge in [0.1, 0.15) is 5.58 Å².